The molecule has 0 bridgehead atoms. The number of aromatic nitrogens is 3. The van der Waals surface area contributed by atoms with Gasteiger partial charge >= 0.3 is 0 Å². The molecule has 4 nitrogen and oxygen atoms in total. The molecule has 0 radical (unpaired) electrons. The van der Waals surface area contributed by atoms with E-state index in [1.54, 1.807) is 16.8 Å². The highest BCUT2D eigenvalue weighted by atomic mass is 79.9. The molecule has 0 aliphatic heterocycles. The number of nitrogens with one attached hydrogen (secondary N) is 1. The quantitative estimate of drug-likeness (QED) is 0.674. The minimum atomic E-state index is -0.171. The van der Waals surface area contributed by atoms with Crippen LogP contribution in [0.2, 0.25) is 0 Å². The highest BCUT2D eigenvalue weighted by Gasteiger charge is 2.04. The van der Waals surface area contributed by atoms with Crippen molar-refractivity contribution < 1.29 is 0 Å². The minimum Gasteiger partial charge on any atom is -0.317 e. The van der Waals surface area contributed by atoms with Crippen LogP contribution >= 0.6 is 15.9 Å². The predicted molar refractivity (Wildman–Crippen MR) is 61.0 cm³/mol. The molecule has 3 rings (SSSR count). The Bertz CT molecular complexity index is 713. The molecular formula is C10H6BrN3O. The van der Waals surface area contributed by atoms with Crippen molar-refractivity contribution in [1.29, 1.82) is 0 Å². The topological polar surface area (TPSA) is 50.2 Å². The Labute approximate surface area is 92.7 Å². The molecule has 2 heterocycles. The fourth-order valence-corrected chi connectivity index (χ4v) is 2.00. The highest BCUT2D eigenvalue weighted by Crippen LogP contribution is 2.17. The number of hydrogen-bond donors (Lipinski definition) is 1. The molecule has 0 spiro atoms. The molecule has 15 heavy (non-hydrogen) atoms. The SMILES string of the molecule is O=c1[nH]c2ccc(Br)cc2n2ccnc12. The maximum Gasteiger partial charge on any atom is 0.292 e. The van der Waals surface area contributed by atoms with Crippen molar-refractivity contribution in [2.75, 3.05) is 0 Å². The monoisotopic (exact) mass is 263 g/mol. The fraction of sp³-hybridized carbons (Fsp3) is 0. The standard InChI is InChI=1S/C10H6BrN3O/c11-6-1-2-7-8(5-6)14-4-3-12-9(14)10(15)13-7/h1-5H,(H,13,15). The summed E-state index contributed by atoms with van der Waals surface area (Å²) in [5.74, 6) is 0. The summed E-state index contributed by atoms with van der Waals surface area (Å²) in [6.45, 7) is 0. The first-order valence-corrected chi connectivity index (χ1v) is 5.19. The van der Waals surface area contributed by atoms with Gasteiger partial charge in [-0.15, -0.1) is 0 Å². The third kappa shape index (κ3) is 1.20. The van der Waals surface area contributed by atoms with Gasteiger partial charge in [-0.1, -0.05) is 15.9 Å². The second-order valence-corrected chi connectivity index (χ2v) is 4.15. The number of nitrogens with zero attached hydrogens (tertiary/aromatic N) is 2. The molecule has 0 saturated carbocycles. The predicted octanol–water partition coefficient (Wildman–Crippen LogP) is 1.94. The summed E-state index contributed by atoms with van der Waals surface area (Å²) in [7, 11) is 0. The highest BCUT2D eigenvalue weighted by molar-refractivity contribution is 9.10. The number of rotatable bonds is 0. The molecule has 74 valence electrons. The van der Waals surface area contributed by atoms with E-state index in [4.69, 9.17) is 0 Å². The van der Waals surface area contributed by atoms with E-state index in [1.807, 2.05) is 18.2 Å². The van der Waals surface area contributed by atoms with Crippen LogP contribution in [0.25, 0.3) is 16.7 Å². The first-order chi connectivity index (χ1) is 7.25. The molecule has 0 saturated heterocycles. The summed E-state index contributed by atoms with van der Waals surface area (Å²) in [5, 5.41) is 0. The summed E-state index contributed by atoms with van der Waals surface area (Å²) in [6.07, 6.45) is 3.39. The van der Waals surface area contributed by atoms with Gasteiger partial charge in [0.05, 0.1) is 11.0 Å². The zero-order valence-corrected chi connectivity index (χ0v) is 9.15. The molecular weight excluding hydrogens is 258 g/mol. The van der Waals surface area contributed by atoms with Gasteiger partial charge in [-0.3, -0.25) is 9.20 Å². The van der Waals surface area contributed by atoms with Crippen molar-refractivity contribution in [2.45, 2.75) is 0 Å². The minimum absolute atomic E-state index is 0.171. The van der Waals surface area contributed by atoms with Crippen molar-refractivity contribution in [3.05, 3.63) is 45.4 Å². The van der Waals surface area contributed by atoms with Crippen LogP contribution in [-0.2, 0) is 0 Å². The van der Waals surface area contributed by atoms with Crippen LogP contribution in [0.4, 0.5) is 0 Å². The third-order valence-electron chi connectivity index (χ3n) is 2.31. The van der Waals surface area contributed by atoms with Crippen LogP contribution in [-0.4, -0.2) is 14.4 Å². The third-order valence-corrected chi connectivity index (χ3v) is 2.80. The van der Waals surface area contributed by atoms with Crippen LogP contribution in [0.5, 0.6) is 0 Å². The van der Waals surface area contributed by atoms with Crippen LogP contribution in [0.15, 0.2) is 39.9 Å². The molecule has 0 aliphatic rings. The summed E-state index contributed by atoms with van der Waals surface area (Å²) in [4.78, 5) is 18.4. The van der Waals surface area contributed by atoms with Crippen LogP contribution in [0.1, 0.15) is 0 Å². The van der Waals surface area contributed by atoms with E-state index in [2.05, 4.69) is 25.9 Å². The molecule has 1 N–H and O–H groups in total. The van der Waals surface area contributed by atoms with Gasteiger partial charge < -0.3 is 4.98 Å². The van der Waals surface area contributed by atoms with Crippen LogP contribution in [0, 0.1) is 0 Å². The summed E-state index contributed by atoms with van der Waals surface area (Å²) >= 11 is 3.40. The second-order valence-electron chi connectivity index (χ2n) is 3.24. The van der Waals surface area contributed by atoms with Gasteiger partial charge in [-0.05, 0) is 18.2 Å². The van der Waals surface area contributed by atoms with E-state index in [1.165, 1.54) is 0 Å². The zero-order valence-electron chi connectivity index (χ0n) is 7.57. The van der Waals surface area contributed by atoms with E-state index in [0.29, 0.717) is 5.65 Å². The molecule has 5 heteroatoms. The Balaban J connectivity index is 2.67. The van der Waals surface area contributed by atoms with Gasteiger partial charge in [0.25, 0.3) is 5.56 Å². The molecule has 0 atom stereocenters. The first-order valence-electron chi connectivity index (χ1n) is 4.40. The molecule has 0 aliphatic carbocycles. The van der Waals surface area contributed by atoms with Gasteiger partial charge in [0.2, 0.25) is 5.65 Å². The summed E-state index contributed by atoms with van der Waals surface area (Å²) in [5.41, 5.74) is 1.97. The molecule has 3 aromatic rings. The number of aromatic amines is 1. The summed E-state index contributed by atoms with van der Waals surface area (Å²) < 4.78 is 2.75. The van der Waals surface area contributed by atoms with Crippen LogP contribution < -0.4 is 5.56 Å². The van der Waals surface area contributed by atoms with Crippen molar-refractivity contribution in [3.8, 4) is 0 Å². The van der Waals surface area contributed by atoms with Gasteiger partial charge in [0, 0.05) is 16.9 Å². The van der Waals surface area contributed by atoms with E-state index >= 15 is 0 Å². The van der Waals surface area contributed by atoms with E-state index in [-0.39, 0.29) is 5.56 Å². The Kier molecular flexibility index (Phi) is 1.70. The second kappa shape index (κ2) is 2.93. The maximum atomic E-state index is 11.6. The van der Waals surface area contributed by atoms with Gasteiger partial charge in [0.1, 0.15) is 0 Å². The average molecular weight is 264 g/mol. The number of hydrogen-bond acceptors (Lipinski definition) is 2. The number of imidazole rings is 1. The molecule has 0 amide bonds. The fourth-order valence-electron chi connectivity index (χ4n) is 1.65. The number of H-pyrrole nitrogens is 1. The molecule has 0 fully saturated rings. The van der Waals surface area contributed by atoms with E-state index in [9.17, 15) is 4.79 Å². The maximum absolute atomic E-state index is 11.6. The van der Waals surface area contributed by atoms with Crippen LogP contribution in [0.3, 0.4) is 0 Å². The first kappa shape index (κ1) is 8.67. The zero-order chi connectivity index (χ0) is 10.4. The largest absolute Gasteiger partial charge is 0.317 e. The Morgan fingerprint density at radius 2 is 2.27 bits per heavy atom. The molecule has 0 unspecified atom stereocenters. The lowest BCUT2D eigenvalue weighted by Crippen LogP contribution is -2.10. The van der Waals surface area contributed by atoms with Gasteiger partial charge in [0.15, 0.2) is 0 Å². The smallest absolute Gasteiger partial charge is 0.292 e. The Hall–Kier alpha value is -1.62. The lowest BCUT2D eigenvalue weighted by atomic mass is 10.3. The average Bonchev–Trinajstić information content (AvgIpc) is 2.69. The van der Waals surface area contributed by atoms with Crippen molar-refractivity contribution in [3.63, 3.8) is 0 Å². The van der Waals surface area contributed by atoms with Gasteiger partial charge in [-0.2, -0.15) is 0 Å². The summed E-state index contributed by atoms with van der Waals surface area (Å²) in [6, 6.07) is 5.70. The normalized spacial score (nSPS) is 11.3. The van der Waals surface area contributed by atoms with Gasteiger partial charge in [-0.25, -0.2) is 4.98 Å². The van der Waals surface area contributed by atoms with E-state index in [0.717, 1.165) is 15.5 Å². The van der Waals surface area contributed by atoms with Crippen molar-refractivity contribution in [1.82, 2.24) is 14.4 Å². The molecule has 1 aromatic carbocycles. The Morgan fingerprint density at radius 3 is 3.13 bits per heavy atom. The number of halogens is 1. The van der Waals surface area contributed by atoms with Crippen molar-refractivity contribution in [2.24, 2.45) is 0 Å². The Morgan fingerprint density at radius 1 is 1.40 bits per heavy atom. The number of benzene rings is 1. The van der Waals surface area contributed by atoms with E-state index < -0.39 is 0 Å². The lowest BCUT2D eigenvalue weighted by Gasteiger charge is -2.01. The van der Waals surface area contributed by atoms with Crippen molar-refractivity contribution >= 4 is 32.6 Å². The molecule has 2 aromatic heterocycles. The number of fused-ring (bicyclic) bond motifs is 3. The lowest BCUT2D eigenvalue weighted by molar-refractivity contribution is 1.17.